The Balaban J connectivity index is 1.54. The molecule has 0 saturated carbocycles. The topological polar surface area (TPSA) is 60.0 Å². The van der Waals surface area contributed by atoms with Crippen molar-refractivity contribution in [3.05, 3.63) is 53.1 Å². The Morgan fingerprint density at radius 3 is 2.56 bits per heavy atom. The number of hydrogen-bond donors (Lipinski definition) is 1. The van der Waals surface area contributed by atoms with Gasteiger partial charge in [0.2, 0.25) is 5.91 Å². The van der Waals surface area contributed by atoms with E-state index in [1.807, 2.05) is 24.3 Å². The average Bonchev–Trinajstić information content (AvgIpc) is 2.71. The first kappa shape index (κ1) is 19.0. The second-order valence-electron chi connectivity index (χ2n) is 6.56. The molecule has 0 fully saturated rings. The van der Waals surface area contributed by atoms with Crippen LogP contribution in [0.2, 0.25) is 0 Å². The maximum Gasteiger partial charge on any atom is 0.234 e. The fourth-order valence-electron chi connectivity index (χ4n) is 3.30. The third kappa shape index (κ3) is 4.71. The molecule has 2 aromatic rings. The minimum absolute atomic E-state index is 0.0103. The lowest BCUT2D eigenvalue weighted by atomic mass is 9.99. The molecule has 0 unspecified atom stereocenters. The van der Waals surface area contributed by atoms with Crippen LogP contribution in [0.1, 0.15) is 16.7 Å². The van der Waals surface area contributed by atoms with E-state index in [9.17, 15) is 4.79 Å². The summed E-state index contributed by atoms with van der Waals surface area (Å²) in [6.07, 6.45) is 0.947. The van der Waals surface area contributed by atoms with Crippen molar-refractivity contribution in [2.75, 3.05) is 34.4 Å². The fraction of sp³-hybridized carbons (Fsp3) is 0.381. The maximum absolute atomic E-state index is 12.4. The van der Waals surface area contributed by atoms with Crippen LogP contribution in [0.4, 0.5) is 0 Å². The molecule has 1 aliphatic heterocycles. The van der Waals surface area contributed by atoms with E-state index in [1.165, 1.54) is 11.1 Å². The summed E-state index contributed by atoms with van der Waals surface area (Å²) in [4.78, 5) is 14.5. The Hall–Kier alpha value is -2.73. The van der Waals surface area contributed by atoms with Crippen molar-refractivity contribution < 1.29 is 19.0 Å². The molecule has 0 bridgehead atoms. The SMILES string of the molecule is COc1ccc2c(c1)CN(CC(=O)NCc1ccc(OC)c(OC)c1)CC2. The van der Waals surface area contributed by atoms with Gasteiger partial charge in [0, 0.05) is 19.6 Å². The van der Waals surface area contributed by atoms with Gasteiger partial charge in [0.05, 0.1) is 27.9 Å². The minimum atomic E-state index is 0.0103. The first-order valence-corrected chi connectivity index (χ1v) is 8.98. The second kappa shape index (κ2) is 8.77. The Bertz CT molecular complexity index is 807. The minimum Gasteiger partial charge on any atom is -0.497 e. The molecule has 1 N–H and O–H groups in total. The van der Waals surface area contributed by atoms with Crippen molar-refractivity contribution in [1.29, 1.82) is 0 Å². The van der Waals surface area contributed by atoms with Crippen LogP contribution in [0.15, 0.2) is 36.4 Å². The zero-order valence-corrected chi connectivity index (χ0v) is 16.1. The first-order chi connectivity index (χ1) is 13.1. The van der Waals surface area contributed by atoms with Gasteiger partial charge in [-0.25, -0.2) is 0 Å². The van der Waals surface area contributed by atoms with Crippen LogP contribution in [0.25, 0.3) is 0 Å². The number of nitrogens with zero attached hydrogens (tertiary/aromatic N) is 1. The number of amides is 1. The average molecular weight is 370 g/mol. The van der Waals surface area contributed by atoms with E-state index in [4.69, 9.17) is 14.2 Å². The third-order valence-corrected chi connectivity index (χ3v) is 4.81. The molecule has 27 heavy (non-hydrogen) atoms. The second-order valence-corrected chi connectivity index (χ2v) is 6.56. The number of nitrogens with one attached hydrogen (secondary N) is 1. The highest BCUT2D eigenvalue weighted by atomic mass is 16.5. The molecule has 6 nitrogen and oxygen atoms in total. The highest BCUT2D eigenvalue weighted by Crippen LogP contribution is 2.27. The van der Waals surface area contributed by atoms with Gasteiger partial charge in [-0.3, -0.25) is 9.69 Å². The molecule has 1 aliphatic rings. The van der Waals surface area contributed by atoms with Gasteiger partial charge in [0.15, 0.2) is 11.5 Å². The van der Waals surface area contributed by atoms with E-state index in [1.54, 1.807) is 21.3 Å². The quantitative estimate of drug-likeness (QED) is 0.811. The monoisotopic (exact) mass is 370 g/mol. The Morgan fingerprint density at radius 1 is 1.00 bits per heavy atom. The number of methoxy groups -OCH3 is 3. The molecule has 0 saturated heterocycles. The first-order valence-electron chi connectivity index (χ1n) is 8.98. The van der Waals surface area contributed by atoms with Crippen molar-refractivity contribution in [2.45, 2.75) is 19.5 Å². The van der Waals surface area contributed by atoms with Gasteiger partial charge in [-0.1, -0.05) is 12.1 Å². The normalized spacial score (nSPS) is 13.6. The van der Waals surface area contributed by atoms with Gasteiger partial charge >= 0.3 is 0 Å². The maximum atomic E-state index is 12.4. The number of hydrogen-bond acceptors (Lipinski definition) is 5. The fourth-order valence-corrected chi connectivity index (χ4v) is 3.30. The Labute approximate surface area is 160 Å². The summed E-state index contributed by atoms with van der Waals surface area (Å²) in [5.41, 5.74) is 3.53. The lowest BCUT2D eigenvalue weighted by molar-refractivity contribution is -0.122. The van der Waals surface area contributed by atoms with Crippen LogP contribution >= 0.6 is 0 Å². The van der Waals surface area contributed by atoms with Crippen LogP contribution in [-0.4, -0.2) is 45.2 Å². The van der Waals surface area contributed by atoms with E-state index < -0.39 is 0 Å². The van der Waals surface area contributed by atoms with Gasteiger partial charge in [0.1, 0.15) is 5.75 Å². The number of rotatable bonds is 7. The Kier molecular flexibility index (Phi) is 6.19. The van der Waals surface area contributed by atoms with Gasteiger partial charge in [0.25, 0.3) is 0 Å². The summed E-state index contributed by atoms with van der Waals surface area (Å²) >= 11 is 0. The molecule has 6 heteroatoms. The standard InChI is InChI=1S/C21H26N2O4/c1-25-18-6-5-16-8-9-23(13-17(16)11-18)14-21(24)22-12-15-4-7-19(26-2)20(10-15)27-3/h4-7,10-11H,8-9,12-14H2,1-3H3,(H,22,24). The van der Waals surface area contributed by atoms with Crippen LogP contribution in [0.3, 0.4) is 0 Å². The molecule has 3 rings (SSSR count). The zero-order chi connectivity index (χ0) is 19.2. The molecule has 2 aromatic carbocycles. The van der Waals surface area contributed by atoms with Crippen molar-refractivity contribution in [3.8, 4) is 17.2 Å². The summed E-state index contributed by atoms with van der Waals surface area (Å²) in [6.45, 7) is 2.47. The van der Waals surface area contributed by atoms with E-state index in [2.05, 4.69) is 22.3 Å². The number of ether oxygens (including phenoxy) is 3. The predicted octanol–water partition coefficient (Wildman–Crippen LogP) is 2.39. The largest absolute Gasteiger partial charge is 0.497 e. The summed E-state index contributed by atoms with van der Waals surface area (Å²) in [5, 5.41) is 2.98. The van der Waals surface area contributed by atoms with Gasteiger partial charge in [-0.2, -0.15) is 0 Å². The van der Waals surface area contributed by atoms with Crippen LogP contribution in [-0.2, 0) is 24.3 Å². The predicted molar refractivity (Wildman–Crippen MR) is 103 cm³/mol. The zero-order valence-electron chi connectivity index (χ0n) is 16.1. The van der Waals surface area contributed by atoms with Crippen LogP contribution in [0, 0.1) is 0 Å². The van der Waals surface area contributed by atoms with E-state index in [0.29, 0.717) is 24.6 Å². The summed E-state index contributed by atoms with van der Waals surface area (Å²) < 4.78 is 15.8. The van der Waals surface area contributed by atoms with Gasteiger partial charge in [-0.05, 0) is 47.4 Å². The van der Waals surface area contributed by atoms with Crippen molar-refractivity contribution in [1.82, 2.24) is 10.2 Å². The van der Waals surface area contributed by atoms with Crippen molar-refractivity contribution in [2.24, 2.45) is 0 Å². The number of fused-ring (bicyclic) bond motifs is 1. The smallest absolute Gasteiger partial charge is 0.234 e. The number of benzene rings is 2. The lowest BCUT2D eigenvalue weighted by Gasteiger charge is -2.28. The third-order valence-electron chi connectivity index (χ3n) is 4.81. The molecule has 1 heterocycles. The molecule has 0 atom stereocenters. The van der Waals surface area contributed by atoms with E-state index in [-0.39, 0.29) is 5.91 Å². The molecule has 0 radical (unpaired) electrons. The highest BCUT2D eigenvalue weighted by Gasteiger charge is 2.19. The van der Waals surface area contributed by atoms with E-state index >= 15 is 0 Å². The molecule has 0 spiro atoms. The molecule has 0 aliphatic carbocycles. The molecular formula is C21H26N2O4. The molecule has 1 amide bonds. The van der Waals surface area contributed by atoms with Gasteiger partial charge < -0.3 is 19.5 Å². The summed E-state index contributed by atoms with van der Waals surface area (Å²) in [7, 11) is 4.87. The molecule has 0 aromatic heterocycles. The number of carbonyl (C=O) groups is 1. The van der Waals surface area contributed by atoms with E-state index in [0.717, 1.165) is 30.8 Å². The molecular weight excluding hydrogens is 344 g/mol. The highest BCUT2D eigenvalue weighted by molar-refractivity contribution is 5.78. The van der Waals surface area contributed by atoms with Crippen LogP contribution < -0.4 is 19.5 Å². The Morgan fingerprint density at radius 2 is 1.81 bits per heavy atom. The molecule has 144 valence electrons. The van der Waals surface area contributed by atoms with Crippen molar-refractivity contribution in [3.63, 3.8) is 0 Å². The summed E-state index contributed by atoms with van der Waals surface area (Å²) in [6, 6.07) is 11.8. The summed E-state index contributed by atoms with van der Waals surface area (Å²) in [5.74, 6) is 2.20. The van der Waals surface area contributed by atoms with Crippen LogP contribution in [0.5, 0.6) is 17.2 Å². The van der Waals surface area contributed by atoms with Gasteiger partial charge in [-0.15, -0.1) is 0 Å². The lowest BCUT2D eigenvalue weighted by Crippen LogP contribution is -2.39. The van der Waals surface area contributed by atoms with Crippen molar-refractivity contribution >= 4 is 5.91 Å². The number of carbonyl (C=O) groups excluding carboxylic acids is 1.